The van der Waals surface area contributed by atoms with Crippen molar-refractivity contribution < 1.29 is 4.74 Å². The van der Waals surface area contributed by atoms with E-state index in [4.69, 9.17) is 4.74 Å². The third-order valence-corrected chi connectivity index (χ3v) is 2.93. The summed E-state index contributed by atoms with van der Waals surface area (Å²) in [6.45, 7) is 2.99. The van der Waals surface area contributed by atoms with Crippen molar-refractivity contribution in [3.05, 3.63) is 30.4 Å². The van der Waals surface area contributed by atoms with Gasteiger partial charge in [0.2, 0.25) is 0 Å². The van der Waals surface area contributed by atoms with Crippen LogP contribution in [0.4, 0.5) is 0 Å². The first-order valence-corrected chi connectivity index (χ1v) is 6.34. The number of nitrogens with one attached hydrogen (secondary N) is 1. The van der Waals surface area contributed by atoms with E-state index in [1.807, 2.05) is 28.7 Å². The molecule has 7 nitrogen and oxygen atoms in total. The molecule has 0 aliphatic heterocycles. The lowest BCUT2D eigenvalue weighted by Crippen LogP contribution is -2.22. The molecule has 0 saturated carbocycles. The van der Waals surface area contributed by atoms with Crippen molar-refractivity contribution in [1.29, 1.82) is 0 Å². The minimum atomic E-state index is 0.696. The Morgan fingerprint density at radius 1 is 1.32 bits per heavy atom. The number of aromatic nitrogens is 5. The molecule has 0 bridgehead atoms. The Kier molecular flexibility index (Phi) is 5.05. The summed E-state index contributed by atoms with van der Waals surface area (Å²) < 4.78 is 8.92. The topological polar surface area (TPSA) is 69.8 Å². The van der Waals surface area contributed by atoms with Crippen LogP contribution < -0.4 is 5.32 Å². The van der Waals surface area contributed by atoms with Crippen molar-refractivity contribution in [3.63, 3.8) is 0 Å². The van der Waals surface area contributed by atoms with Crippen molar-refractivity contribution in [2.24, 2.45) is 7.05 Å². The highest BCUT2D eigenvalue weighted by molar-refractivity contribution is 4.92. The van der Waals surface area contributed by atoms with Crippen molar-refractivity contribution >= 4 is 0 Å². The normalized spacial score (nSPS) is 11.1. The lowest BCUT2D eigenvalue weighted by Gasteiger charge is -2.07. The SMILES string of the molecule is COCCNCc1ncnn1CCc1nccn1C. The van der Waals surface area contributed by atoms with Crippen LogP contribution in [-0.2, 0) is 31.3 Å². The second-order valence-electron chi connectivity index (χ2n) is 4.27. The number of ether oxygens (including phenoxy) is 1. The molecule has 104 valence electrons. The van der Waals surface area contributed by atoms with Gasteiger partial charge in [0.1, 0.15) is 18.0 Å². The van der Waals surface area contributed by atoms with Gasteiger partial charge in [0, 0.05) is 39.5 Å². The van der Waals surface area contributed by atoms with E-state index in [2.05, 4.69) is 20.4 Å². The standard InChI is InChI=1S/C12H20N6O/c1-17-7-4-14-11(17)3-6-18-12(15-10-16-18)9-13-5-8-19-2/h4,7,10,13H,3,5-6,8-9H2,1-2H3. The highest BCUT2D eigenvalue weighted by Crippen LogP contribution is 2.00. The van der Waals surface area contributed by atoms with E-state index < -0.39 is 0 Å². The van der Waals surface area contributed by atoms with Crippen LogP contribution in [-0.4, -0.2) is 44.6 Å². The fourth-order valence-electron chi connectivity index (χ4n) is 1.83. The summed E-state index contributed by atoms with van der Waals surface area (Å²) >= 11 is 0. The maximum Gasteiger partial charge on any atom is 0.140 e. The summed E-state index contributed by atoms with van der Waals surface area (Å²) in [6.07, 6.45) is 6.19. The van der Waals surface area contributed by atoms with Gasteiger partial charge in [-0.05, 0) is 0 Å². The second-order valence-corrected chi connectivity index (χ2v) is 4.27. The van der Waals surface area contributed by atoms with E-state index in [1.165, 1.54) is 0 Å². The van der Waals surface area contributed by atoms with Crippen LogP contribution in [0.15, 0.2) is 18.7 Å². The van der Waals surface area contributed by atoms with Crippen LogP contribution in [0.5, 0.6) is 0 Å². The predicted molar refractivity (Wildman–Crippen MR) is 70.5 cm³/mol. The molecule has 0 aliphatic carbocycles. The zero-order valence-electron chi connectivity index (χ0n) is 11.4. The quantitative estimate of drug-likeness (QED) is 0.679. The van der Waals surface area contributed by atoms with E-state index >= 15 is 0 Å². The minimum Gasteiger partial charge on any atom is -0.383 e. The fourth-order valence-corrected chi connectivity index (χ4v) is 1.83. The van der Waals surface area contributed by atoms with E-state index in [-0.39, 0.29) is 0 Å². The van der Waals surface area contributed by atoms with Gasteiger partial charge < -0.3 is 14.6 Å². The summed E-state index contributed by atoms with van der Waals surface area (Å²) in [5.41, 5.74) is 0. The third kappa shape index (κ3) is 3.87. The number of nitrogens with zero attached hydrogens (tertiary/aromatic N) is 5. The Balaban J connectivity index is 1.83. The summed E-state index contributed by atoms with van der Waals surface area (Å²) in [5, 5.41) is 7.51. The fraction of sp³-hybridized carbons (Fsp3) is 0.583. The van der Waals surface area contributed by atoms with Crippen molar-refractivity contribution in [2.45, 2.75) is 19.5 Å². The molecule has 0 amide bonds. The molecule has 0 aliphatic rings. The van der Waals surface area contributed by atoms with Gasteiger partial charge in [0.15, 0.2) is 0 Å². The Hall–Kier alpha value is -1.73. The third-order valence-electron chi connectivity index (χ3n) is 2.93. The Morgan fingerprint density at radius 3 is 2.95 bits per heavy atom. The lowest BCUT2D eigenvalue weighted by atomic mass is 10.4. The Labute approximate surface area is 112 Å². The van der Waals surface area contributed by atoms with E-state index in [0.717, 1.165) is 31.2 Å². The molecule has 2 heterocycles. The van der Waals surface area contributed by atoms with Gasteiger partial charge in [-0.1, -0.05) is 0 Å². The summed E-state index contributed by atoms with van der Waals surface area (Å²) in [5.74, 6) is 1.99. The molecular weight excluding hydrogens is 244 g/mol. The van der Waals surface area contributed by atoms with Crippen LogP contribution in [0.2, 0.25) is 0 Å². The van der Waals surface area contributed by atoms with Gasteiger partial charge >= 0.3 is 0 Å². The molecule has 0 saturated heterocycles. The van der Waals surface area contributed by atoms with E-state index in [1.54, 1.807) is 13.4 Å². The molecule has 0 radical (unpaired) electrons. The molecule has 0 fully saturated rings. The summed E-state index contributed by atoms with van der Waals surface area (Å²) in [6, 6.07) is 0. The first-order chi connectivity index (χ1) is 9.31. The number of rotatable bonds is 8. The largest absolute Gasteiger partial charge is 0.383 e. The molecule has 1 N–H and O–H groups in total. The smallest absolute Gasteiger partial charge is 0.140 e. The molecule has 19 heavy (non-hydrogen) atoms. The van der Waals surface area contributed by atoms with Gasteiger partial charge in [0.25, 0.3) is 0 Å². The molecule has 0 atom stereocenters. The molecule has 2 rings (SSSR count). The minimum absolute atomic E-state index is 0.696. The maximum atomic E-state index is 4.98. The van der Waals surface area contributed by atoms with E-state index in [9.17, 15) is 0 Å². The molecule has 2 aromatic heterocycles. The predicted octanol–water partition coefficient (Wildman–Crippen LogP) is -0.00970. The van der Waals surface area contributed by atoms with Crippen molar-refractivity contribution in [1.82, 2.24) is 29.6 Å². The monoisotopic (exact) mass is 264 g/mol. The summed E-state index contributed by atoms with van der Waals surface area (Å²) in [7, 11) is 3.69. The van der Waals surface area contributed by atoms with Gasteiger partial charge in [0.05, 0.1) is 19.7 Å². The van der Waals surface area contributed by atoms with E-state index in [0.29, 0.717) is 13.2 Å². The average Bonchev–Trinajstić information content (AvgIpc) is 3.01. The Morgan fingerprint density at radius 2 is 2.21 bits per heavy atom. The zero-order chi connectivity index (χ0) is 13.5. The van der Waals surface area contributed by atoms with Crippen LogP contribution in [0.25, 0.3) is 0 Å². The molecule has 7 heteroatoms. The van der Waals surface area contributed by atoms with Crippen LogP contribution >= 0.6 is 0 Å². The number of aryl methyl sites for hydroxylation is 3. The van der Waals surface area contributed by atoms with Gasteiger partial charge in [-0.25, -0.2) is 14.6 Å². The van der Waals surface area contributed by atoms with Crippen LogP contribution in [0.3, 0.4) is 0 Å². The number of imidazole rings is 1. The first kappa shape index (κ1) is 13.7. The molecule has 0 unspecified atom stereocenters. The van der Waals surface area contributed by atoms with Crippen LogP contribution in [0.1, 0.15) is 11.6 Å². The average molecular weight is 264 g/mol. The van der Waals surface area contributed by atoms with Crippen molar-refractivity contribution in [2.75, 3.05) is 20.3 Å². The maximum absolute atomic E-state index is 4.98. The molecule has 2 aromatic rings. The first-order valence-electron chi connectivity index (χ1n) is 6.34. The molecular formula is C12H20N6O. The summed E-state index contributed by atoms with van der Waals surface area (Å²) in [4.78, 5) is 8.56. The number of hydrogen-bond acceptors (Lipinski definition) is 5. The number of methoxy groups -OCH3 is 1. The molecule has 0 spiro atoms. The van der Waals surface area contributed by atoms with Crippen molar-refractivity contribution in [3.8, 4) is 0 Å². The lowest BCUT2D eigenvalue weighted by molar-refractivity contribution is 0.198. The van der Waals surface area contributed by atoms with Gasteiger partial charge in [-0.2, -0.15) is 5.10 Å². The highest BCUT2D eigenvalue weighted by Gasteiger charge is 2.05. The number of hydrogen-bond donors (Lipinski definition) is 1. The molecule has 0 aromatic carbocycles. The zero-order valence-corrected chi connectivity index (χ0v) is 11.4. The second kappa shape index (κ2) is 7.01. The van der Waals surface area contributed by atoms with Gasteiger partial charge in [-0.15, -0.1) is 0 Å². The van der Waals surface area contributed by atoms with Crippen LogP contribution in [0, 0.1) is 0 Å². The van der Waals surface area contributed by atoms with Gasteiger partial charge in [-0.3, -0.25) is 0 Å². The highest BCUT2D eigenvalue weighted by atomic mass is 16.5. The Bertz CT molecular complexity index is 492.